The first-order chi connectivity index (χ1) is 12.2. The Balaban J connectivity index is 2.58. The van der Waals surface area contributed by atoms with Crippen molar-refractivity contribution in [2.75, 3.05) is 0 Å². The number of carboxylic acid groups (broad SMARTS) is 1. The molecule has 26 heavy (non-hydrogen) atoms. The molecule has 0 fully saturated rings. The van der Waals surface area contributed by atoms with Crippen molar-refractivity contribution in [2.24, 2.45) is 11.5 Å². The number of hydrogen-bond donors (Lipinski definition) is 5. The second-order valence-electron chi connectivity index (χ2n) is 5.93. The van der Waals surface area contributed by atoms with Crippen molar-refractivity contribution < 1.29 is 24.3 Å². The molecule has 0 radical (unpaired) electrons. The molecule has 1 rings (SSSR count). The van der Waals surface area contributed by atoms with E-state index in [1.165, 1.54) is 6.92 Å². The van der Waals surface area contributed by atoms with E-state index in [-0.39, 0.29) is 19.3 Å². The molecule has 0 aliphatic carbocycles. The molecule has 1 aromatic rings. The van der Waals surface area contributed by atoms with Gasteiger partial charge in [-0.05, 0) is 18.9 Å². The van der Waals surface area contributed by atoms with E-state index in [0.717, 1.165) is 5.56 Å². The first-order valence-corrected chi connectivity index (χ1v) is 8.12. The van der Waals surface area contributed by atoms with Crippen LogP contribution in [0.25, 0.3) is 0 Å². The van der Waals surface area contributed by atoms with Gasteiger partial charge in [0.05, 0.1) is 6.04 Å². The van der Waals surface area contributed by atoms with Gasteiger partial charge in [-0.15, -0.1) is 0 Å². The van der Waals surface area contributed by atoms with Crippen molar-refractivity contribution in [3.8, 4) is 0 Å². The van der Waals surface area contributed by atoms with E-state index in [2.05, 4.69) is 10.6 Å². The lowest BCUT2D eigenvalue weighted by atomic mass is 10.1. The van der Waals surface area contributed by atoms with Gasteiger partial charge in [0.25, 0.3) is 0 Å². The number of primary amides is 1. The summed E-state index contributed by atoms with van der Waals surface area (Å²) in [5.41, 5.74) is 11.4. The molecule has 0 heterocycles. The average Bonchev–Trinajstić information content (AvgIpc) is 2.59. The standard InChI is InChI=1S/C17H24N4O5/c1-10(20-16(24)12(18)7-8-14(19)22)15(23)21-13(17(25)26)9-11-5-3-2-4-6-11/h2-6,10,12-13H,7-9,18H2,1H3,(H2,19,22)(H,20,24)(H,21,23)(H,25,26)/t10-,12-,13-/m0/s1. The number of nitrogens with one attached hydrogen (secondary N) is 2. The molecule has 0 aliphatic rings. The Morgan fingerprint density at radius 3 is 2.23 bits per heavy atom. The molecule has 0 spiro atoms. The third kappa shape index (κ3) is 7.31. The quantitative estimate of drug-likeness (QED) is 0.353. The maximum Gasteiger partial charge on any atom is 0.326 e. The Bertz CT molecular complexity index is 650. The fraction of sp³-hybridized carbons (Fsp3) is 0.412. The van der Waals surface area contributed by atoms with Gasteiger partial charge in [0.2, 0.25) is 17.7 Å². The predicted molar refractivity (Wildman–Crippen MR) is 93.7 cm³/mol. The lowest BCUT2D eigenvalue weighted by Crippen LogP contribution is -2.53. The minimum Gasteiger partial charge on any atom is -0.480 e. The van der Waals surface area contributed by atoms with Crippen LogP contribution in [0.4, 0.5) is 0 Å². The Kier molecular flexibility index (Phi) is 8.23. The van der Waals surface area contributed by atoms with Crippen LogP contribution in [0, 0.1) is 0 Å². The number of aliphatic carboxylic acids is 1. The van der Waals surface area contributed by atoms with Gasteiger partial charge < -0.3 is 27.2 Å². The summed E-state index contributed by atoms with van der Waals surface area (Å²) in [5, 5.41) is 14.1. The number of hydrogen-bond acceptors (Lipinski definition) is 5. The Morgan fingerprint density at radius 1 is 1.08 bits per heavy atom. The van der Waals surface area contributed by atoms with E-state index < -0.39 is 41.8 Å². The summed E-state index contributed by atoms with van der Waals surface area (Å²) in [6.07, 6.45) is 0.120. The van der Waals surface area contributed by atoms with Crippen molar-refractivity contribution in [2.45, 2.75) is 44.3 Å². The largest absolute Gasteiger partial charge is 0.480 e. The summed E-state index contributed by atoms with van der Waals surface area (Å²) in [5.74, 6) is -3.03. The van der Waals surface area contributed by atoms with Crippen LogP contribution in [0.1, 0.15) is 25.3 Å². The Hall–Kier alpha value is -2.94. The van der Waals surface area contributed by atoms with Crippen LogP contribution in [-0.4, -0.2) is 46.9 Å². The van der Waals surface area contributed by atoms with E-state index in [9.17, 15) is 24.3 Å². The van der Waals surface area contributed by atoms with Gasteiger partial charge in [0, 0.05) is 12.8 Å². The molecule has 7 N–H and O–H groups in total. The minimum absolute atomic E-state index is 0.0483. The highest BCUT2D eigenvalue weighted by molar-refractivity contribution is 5.91. The highest BCUT2D eigenvalue weighted by Gasteiger charge is 2.25. The molecule has 0 unspecified atom stereocenters. The van der Waals surface area contributed by atoms with E-state index >= 15 is 0 Å². The molecular formula is C17H24N4O5. The SMILES string of the molecule is C[C@H](NC(=O)[C@@H](N)CCC(N)=O)C(=O)N[C@@H](Cc1ccccc1)C(=O)O. The molecule has 3 amide bonds. The van der Waals surface area contributed by atoms with Crippen LogP contribution in [0.15, 0.2) is 30.3 Å². The number of amides is 3. The van der Waals surface area contributed by atoms with Crippen LogP contribution in [-0.2, 0) is 25.6 Å². The summed E-state index contributed by atoms with van der Waals surface area (Å²) in [6.45, 7) is 1.41. The summed E-state index contributed by atoms with van der Waals surface area (Å²) in [6, 6.07) is 5.75. The molecule has 0 saturated carbocycles. The fourth-order valence-electron chi connectivity index (χ4n) is 2.16. The normalized spacial score (nSPS) is 13.9. The van der Waals surface area contributed by atoms with Crippen molar-refractivity contribution >= 4 is 23.7 Å². The van der Waals surface area contributed by atoms with Gasteiger partial charge in [-0.1, -0.05) is 30.3 Å². The first-order valence-electron chi connectivity index (χ1n) is 8.12. The molecule has 9 nitrogen and oxygen atoms in total. The molecular weight excluding hydrogens is 340 g/mol. The van der Waals surface area contributed by atoms with Crippen molar-refractivity contribution in [1.29, 1.82) is 0 Å². The predicted octanol–water partition coefficient (Wildman–Crippen LogP) is -1.10. The zero-order chi connectivity index (χ0) is 19.7. The molecule has 1 aromatic carbocycles. The van der Waals surface area contributed by atoms with Gasteiger partial charge in [-0.25, -0.2) is 4.79 Å². The number of benzene rings is 1. The van der Waals surface area contributed by atoms with E-state index in [1.807, 2.05) is 0 Å². The molecule has 0 bridgehead atoms. The van der Waals surface area contributed by atoms with Gasteiger partial charge in [0.15, 0.2) is 0 Å². The molecule has 142 valence electrons. The molecule has 0 aliphatic heterocycles. The van der Waals surface area contributed by atoms with Crippen molar-refractivity contribution in [1.82, 2.24) is 10.6 Å². The zero-order valence-corrected chi connectivity index (χ0v) is 14.5. The lowest BCUT2D eigenvalue weighted by molar-refractivity contribution is -0.142. The van der Waals surface area contributed by atoms with Gasteiger partial charge >= 0.3 is 5.97 Å². The maximum absolute atomic E-state index is 12.2. The average molecular weight is 364 g/mol. The third-order valence-corrected chi connectivity index (χ3v) is 3.69. The molecule has 3 atom stereocenters. The van der Waals surface area contributed by atoms with Crippen molar-refractivity contribution in [3.05, 3.63) is 35.9 Å². The van der Waals surface area contributed by atoms with Gasteiger partial charge in [-0.3, -0.25) is 14.4 Å². The lowest BCUT2D eigenvalue weighted by Gasteiger charge is -2.20. The number of rotatable bonds is 10. The Labute approximate surface area is 151 Å². The zero-order valence-electron chi connectivity index (χ0n) is 14.5. The molecule has 0 saturated heterocycles. The summed E-state index contributed by atoms with van der Waals surface area (Å²) in [4.78, 5) is 46.1. The van der Waals surface area contributed by atoms with Crippen LogP contribution >= 0.6 is 0 Å². The van der Waals surface area contributed by atoms with E-state index in [4.69, 9.17) is 11.5 Å². The Morgan fingerprint density at radius 2 is 1.69 bits per heavy atom. The third-order valence-electron chi connectivity index (χ3n) is 3.69. The smallest absolute Gasteiger partial charge is 0.326 e. The van der Waals surface area contributed by atoms with E-state index in [0.29, 0.717) is 0 Å². The first kappa shape index (κ1) is 21.1. The van der Waals surface area contributed by atoms with Crippen LogP contribution in [0.3, 0.4) is 0 Å². The minimum atomic E-state index is -1.18. The second kappa shape index (κ2) is 10.1. The monoisotopic (exact) mass is 364 g/mol. The van der Waals surface area contributed by atoms with Crippen LogP contribution in [0.5, 0.6) is 0 Å². The summed E-state index contributed by atoms with van der Waals surface area (Å²) < 4.78 is 0. The van der Waals surface area contributed by atoms with Gasteiger partial charge in [-0.2, -0.15) is 0 Å². The second-order valence-corrected chi connectivity index (χ2v) is 5.93. The molecule has 0 aromatic heterocycles. The topological polar surface area (TPSA) is 165 Å². The summed E-state index contributed by atoms with van der Waals surface area (Å²) in [7, 11) is 0. The van der Waals surface area contributed by atoms with E-state index in [1.54, 1.807) is 30.3 Å². The number of carbonyl (C=O) groups excluding carboxylic acids is 3. The number of carbonyl (C=O) groups is 4. The van der Waals surface area contributed by atoms with Crippen LogP contribution < -0.4 is 22.1 Å². The highest BCUT2D eigenvalue weighted by atomic mass is 16.4. The van der Waals surface area contributed by atoms with Crippen molar-refractivity contribution in [3.63, 3.8) is 0 Å². The van der Waals surface area contributed by atoms with Crippen LogP contribution in [0.2, 0.25) is 0 Å². The summed E-state index contributed by atoms with van der Waals surface area (Å²) >= 11 is 0. The fourth-order valence-corrected chi connectivity index (χ4v) is 2.16. The number of nitrogens with two attached hydrogens (primary N) is 2. The number of carboxylic acids is 1. The molecule has 9 heteroatoms. The van der Waals surface area contributed by atoms with Gasteiger partial charge in [0.1, 0.15) is 12.1 Å². The maximum atomic E-state index is 12.2. The highest BCUT2D eigenvalue weighted by Crippen LogP contribution is 2.04.